The molecule has 1 N–H and O–H groups in total. The van der Waals surface area contributed by atoms with Gasteiger partial charge < -0.3 is 15.0 Å². The highest BCUT2D eigenvalue weighted by Crippen LogP contribution is 2.13. The number of rotatable bonds is 5. The van der Waals surface area contributed by atoms with Gasteiger partial charge in [0.2, 0.25) is 5.88 Å². The quantitative estimate of drug-likeness (QED) is 0.796. The molecule has 0 aliphatic heterocycles. The van der Waals surface area contributed by atoms with E-state index in [1.54, 1.807) is 13.3 Å². The zero-order chi connectivity index (χ0) is 11.3. The van der Waals surface area contributed by atoms with Crippen molar-refractivity contribution in [2.75, 3.05) is 33.1 Å². The average molecular weight is 209 g/mol. The number of likely N-dealkylation sites (N-methyl/N-ethyl adjacent to an activating group) is 1. The molecule has 4 heteroatoms. The molecule has 1 aromatic heterocycles. The number of pyridine rings is 1. The molecule has 0 amide bonds. The van der Waals surface area contributed by atoms with Crippen LogP contribution in [0.1, 0.15) is 6.92 Å². The van der Waals surface area contributed by atoms with E-state index in [1.165, 1.54) is 0 Å². The van der Waals surface area contributed by atoms with E-state index in [9.17, 15) is 0 Å². The summed E-state index contributed by atoms with van der Waals surface area (Å²) in [4.78, 5) is 6.22. The highest BCUT2D eigenvalue weighted by Gasteiger charge is 2.04. The summed E-state index contributed by atoms with van der Waals surface area (Å²) >= 11 is 0. The predicted octanol–water partition coefficient (Wildman–Crippen LogP) is 1.45. The summed E-state index contributed by atoms with van der Waals surface area (Å²) in [5.74, 6) is 0.637. The lowest BCUT2D eigenvalue weighted by Crippen LogP contribution is -2.31. The molecule has 15 heavy (non-hydrogen) atoms. The molecule has 1 heterocycles. The third-order valence-electron chi connectivity index (χ3n) is 2.43. The molecule has 1 unspecified atom stereocenters. The van der Waals surface area contributed by atoms with E-state index in [0.717, 1.165) is 12.2 Å². The van der Waals surface area contributed by atoms with Crippen LogP contribution in [0.3, 0.4) is 0 Å². The lowest BCUT2D eigenvalue weighted by atomic mass is 10.3. The highest BCUT2D eigenvalue weighted by molar-refractivity contribution is 5.45. The first-order valence-corrected chi connectivity index (χ1v) is 5.04. The van der Waals surface area contributed by atoms with Gasteiger partial charge in [0.25, 0.3) is 0 Å². The summed E-state index contributed by atoms with van der Waals surface area (Å²) in [6.45, 7) is 3.07. The van der Waals surface area contributed by atoms with Crippen LogP contribution in [0.5, 0.6) is 5.88 Å². The molecular formula is C11H19N3O. The van der Waals surface area contributed by atoms with E-state index >= 15 is 0 Å². The smallest absolute Gasteiger partial charge is 0.214 e. The number of nitrogens with zero attached hydrogens (tertiary/aromatic N) is 2. The molecule has 4 nitrogen and oxygen atoms in total. The van der Waals surface area contributed by atoms with Crippen LogP contribution in [0.25, 0.3) is 0 Å². The highest BCUT2D eigenvalue weighted by atomic mass is 16.5. The maximum absolute atomic E-state index is 5.05. The standard InChI is InChI=1S/C11H19N3O/c1-9(14(2)3)8-13-10-5-6-12-11(7-10)15-4/h5-7,9H,8H2,1-4H3,(H,12,13). The van der Waals surface area contributed by atoms with Crippen LogP contribution >= 0.6 is 0 Å². The minimum atomic E-state index is 0.490. The molecule has 1 rings (SSSR count). The Kier molecular flexibility index (Phi) is 4.37. The van der Waals surface area contributed by atoms with Gasteiger partial charge in [-0.25, -0.2) is 4.98 Å². The van der Waals surface area contributed by atoms with Gasteiger partial charge in [-0.3, -0.25) is 0 Å². The van der Waals surface area contributed by atoms with Gasteiger partial charge in [-0.15, -0.1) is 0 Å². The molecule has 0 saturated heterocycles. The molecule has 1 atom stereocenters. The van der Waals surface area contributed by atoms with Gasteiger partial charge >= 0.3 is 0 Å². The van der Waals surface area contributed by atoms with Crippen LogP contribution in [0.15, 0.2) is 18.3 Å². The van der Waals surface area contributed by atoms with Crippen molar-refractivity contribution in [2.45, 2.75) is 13.0 Å². The van der Waals surface area contributed by atoms with Gasteiger partial charge in [-0.1, -0.05) is 0 Å². The molecule has 0 fully saturated rings. The number of aromatic nitrogens is 1. The first-order valence-electron chi connectivity index (χ1n) is 5.04. The first kappa shape index (κ1) is 11.8. The second kappa shape index (κ2) is 5.56. The lowest BCUT2D eigenvalue weighted by molar-refractivity contribution is 0.326. The van der Waals surface area contributed by atoms with Crippen LogP contribution < -0.4 is 10.1 Å². The SMILES string of the molecule is COc1cc(NCC(C)N(C)C)ccn1. The van der Waals surface area contributed by atoms with E-state index in [4.69, 9.17) is 4.74 Å². The number of ether oxygens (including phenoxy) is 1. The van der Waals surface area contributed by atoms with Crippen molar-refractivity contribution >= 4 is 5.69 Å². The molecule has 0 aliphatic rings. The summed E-state index contributed by atoms with van der Waals surface area (Å²) in [7, 11) is 5.76. The molecule has 1 aromatic rings. The summed E-state index contributed by atoms with van der Waals surface area (Å²) in [6, 6.07) is 4.32. The Morgan fingerprint density at radius 3 is 2.87 bits per heavy atom. The number of hydrogen-bond acceptors (Lipinski definition) is 4. The Labute approximate surface area is 91.3 Å². The maximum Gasteiger partial charge on any atom is 0.214 e. The van der Waals surface area contributed by atoms with E-state index < -0.39 is 0 Å². The van der Waals surface area contributed by atoms with Crippen LogP contribution in [0, 0.1) is 0 Å². The Balaban J connectivity index is 2.50. The number of nitrogens with one attached hydrogen (secondary N) is 1. The molecule has 0 bridgehead atoms. The van der Waals surface area contributed by atoms with Crippen LogP contribution in [0.2, 0.25) is 0 Å². The summed E-state index contributed by atoms with van der Waals surface area (Å²) in [5.41, 5.74) is 1.04. The van der Waals surface area contributed by atoms with Gasteiger partial charge in [0.15, 0.2) is 0 Å². The van der Waals surface area contributed by atoms with Crippen LogP contribution in [0.4, 0.5) is 5.69 Å². The van der Waals surface area contributed by atoms with E-state index in [1.807, 2.05) is 12.1 Å². The summed E-state index contributed by atoms with van der Waals surface area (Å²) < 4.78 is 5.05. The van der Waals surface area contributed by atoms with Crippen molar-refractivity contribution < 1.29 is 4.74 Å². The van der Waals surface area contributed by atoms with Gasteiger partial charge in [0.05, 0.1) is 7.11 Å². The van der Waals surface area contributed by atoms with Crippen molar-refractivity contribution in [3.05, 3.63) is 18.3 Å². The van der Waals surface area contributed by atoms with Crippen molar-refractivity contribution in [3.63, 3.8) is 0 Å². The molecule has 0 radical (unpaired) electrons. The topological polar surface area (TPSA) is 37.4 Å². The number of methoxy groups -OCH3 is 1. The van der Waals surface area contributed by atoms with Crippen LogP contribution in [-0.2, 0) is 0 Å². The number of anilines is 1. The second-order valence-corrected chi connectivity index (χ2v) is 3.78. The molecule has 0 saturated carbocycles. The average Bonchev–Trinajstić information content (AvgIpc) is 2.26. The maximum atomic E-state index is 5.05. The molecule has 0 aromatic carbocycles. The van der Waals surface area contributed by atoms with Crippen molar-refractivity contribution in [1.82, 2.24) is 9.88 Å². The predicted molar refractivity (Wildman–Crippen MR) is 62.4 cm³/mol. The third kappa shape index (κ3) is 3.75. The van der Waals surface area contributed by atoms with E-state index in [2.05, 4.69) is 36.2 Å². The fourth-order valence-corrected chi connectivity index (χ4v) is 1.08. The van der Waals surface area contributed by atoms with Crippen LogP contribution in [-0.4, -0.2) is 43.7 Å². The Morgan fingerprint density at radius 2 is 2.27 bits per heavy atom. The Morgan fingerprint density at radius 1 is 1.53 bits per heavy atom. The first-order chi connectivity index (χ1) is 7.13. The third-order valence-corrected chi connectivity index (χ3v) is 2.43. The van der Waals surface area contributed by atoms with Gasteiger partial charge in [-0.2, -0.15) is 0 Å². The monoisotopic (exact) mass is 209 g/mol. The molecule has 0 spiro atoms. The lowest BCUT2D eigenvalue weighted by Gasteiger charge is -2.20. The van der Waals surface area contributed by atoms with E-state index in [0.29, 0.717) is 11.9 Å². The largest absolute Gasteiger partial charge is 0.481 e. The van der Waals surface area contributed by atoms with Gasteiger partial charge in [-0.05, 0) is 27.1 Å². The van der Waals surface area contributed by atoms with Crippen molar-refractivity contribution in [2.24, 2.45) is 0 Å². The summed E-state index contributed by atoms with van der Waals surface area (Å²) in [5, 5.41) is 3.34. The zero-order valence-corrected chi connectivity index (χ0v) is 9.82. The molecule has 84 valence electrons. The number of hydrogen-bond donors (Lipinski definition) is 1. The minimum Gasteiger partial charge on any atom is -0.481 e. The fraction of sp³-hybridized carbons (Fsp3) is 0.545. The molecule has 0 aliphatic carbocycles. The zero-order valence-electron chi connectivity index (χ0n) is 9.82. The Hall–Kier alpha value is -1.29. The van der Waals surface area contributed by atoms with Crippen molar-refractivity contribution in [3.8, 4) is 5.88 Å². The van der Waals surface area contributed by atoms with Gasteiger partial charge in [0, 0.05) is 30.5 Å². The minimum absolute atomic E-state index is 0.490. The second-order valence-electron chi connectivity index (χ2n) is 3.78. The Bertz CT molecular complexity index is 302. The summed E-state index contributed by atoms with van der Waals surface area (Å²) in [6.07, 6.45) is 1.74. The van der Waals surface area contributed by atoms with E-state index in [-0.39, 0.29) is 0 Å². The van der Waals surface area contributed by atoms with Gasteiger partial charge in [0.1, 0.15) is 0 Å². The normalized spacial score (nSPS) is 12.6. The fourth-order valence-electron chi connectivity index (χ4n) is 1.08. The molecular weight excluding hydrogens is 190 g/mol. The van der Waals surface area contributed by atoms with Crippen molar-refractivity contribution in [1.29, 1.82) is 0 Å².